The van der Waals surface area contributed by atoms with Gasteiger partial charge in [0.1, 0.15) is 5.82 Å². The number of methoxy groups -OCH3 is 1. The summed E-state index contributed by atoms with van der Waals surface area (Å²) in [4.78, 5) is 30.4. The predicted octanol–water partition coefficient (Wildman–Crippen LogP) is 5.39. The molecule has 0 unspecified atom stereocenters. The molecule has 3 aromatic rings. The molecule has 8 heteroatoms. The molecule has 1 atom stereocenters. The lowest BCUT2D eigenvalue weighted by atomic mass is 9.88. The first kappa shape index (κ1) is 27.1. The molecule has 2 aromatic carbocycles. The largest absolute Gasteiger partial charge is 0.490 e. The Bertz CT molecular complexity index is 1390. The first-order chi connectivity index (χ1) is 18.5. The standard InChI is InChI=1S/C30H35N3O5/c1-5-12-23-17-21(18-26(37-6-2)27(23)38-20(3)30(35)36-4)19-31-33-28(22-13-8-7-9-14-22)32-25-16-11-10-15-24(25)29(33)34/h5,10-11,15-20,22H,1,6-9,12-14H2,2-4H3/t20-/m1/s1. The van der Waals surface area contributed by atoms with Crippen molar-refractivity contribution < 1.29 is 19.0 Å². The fraction of sp³-hybridized carbons (Fsp3) is 0.400. The number of aromatic nitrogens is 2. The van der Waals surface area contributed by atoms with Crippen LogP contribution >= 0.6 is 0 Å². The van der Waals surface area contributed by atoms with Crippen molar-refractivity contribution in [1.29, 1.82) is 0 Å². The molecule has 1 aromatic heterocycles. The minimum atomic E-state index is -0.817. The van der Waals surface area contributed by atoms with Crippen LogP contribution in [0, 0.1) is 0 Å². The Balaban J connectivity index is 1.79. The molecule has 0 spiro atoms. The molecule has 0 bridgehead atoms. The molecule has 4 rings (SSSR count). The van der Waals surface area contributed by atoms with E-state index in [1.54, 1.807) is 31.3 Å². The molecule has 38 heavy (non-hydrogen) atoms. The minimum Gasteiger partial charge on any atom is -0.490 e. The maximum absolute atomic E-state index is 13.5. The van der Waals surface area contributed by atoms with Crippen molar-refractivity contribution in [3.05, 3.63) is 76.4 Å². The molecule has 0 radical (unpaired) electrons. The second-order valence-electron chi connectivity index (χ2n) is 9.40. The maximum atomic E-state index is 13.5. The molecule has 0 aliphatic heterocycles. The quantitative estimate of drug-likeness (QED) is 0.203. The molecule has 0 N–H and O–H groups in total. The van der Waals surface area contributed by atoms with E-state index in [0.717, 1.165) is 36.8 Å². The Labute approximate surface area is 222 Å². The summed E-state index contributed by atoms with van der Waals surface area (Å²) in [6.45, 7) is 7.75. The number of allylic oxidation sites excluding steroid dienone is 1. The molecule has 1 aliphatic rings. The average Bonchev–Trinajstić information content (AvgIpc) is 2.94. The predicted molar refractivity (Wildman–Crippen MR) is 148 cm³/mol. The SMILES string of the molecule is C=CCc1cc(C=Nn2c(C3CCCCC3)nc3ccccc3c2=O)cc(OCC)c1O[C@H](C)C(=O)OC. The van der Waals surface area contributed by atoms with E-state index in [4.69, 9.17) is 19.2 Å². The summed E-state index contributed by atoms with van der Waals surface area (Å²) < 4.78 is 18.1. The fourth-order valence-electron chi connectivity index (χ4n) is 4.85. The van der Waals surface area contributed by atoms with Crippen molar-refractivity contribution in [2.24, 2.45) is 5.10 Å². The molecule has 200 valence electrons. The number of para-hydroxylation sites is 1. The van der Waals surface area contributed by atoms with E-state index in [2.05, 4.69) is 11.7 Å². The van der Waals surface area contributed by atoms with Gasteiger partial charge in [-0.15, -0.1) is 6.58 Å². The average molecular weight is 518 g/mol. The van der Waals surface area contributed by atoms with Gasteiger partial charge >= 0.3 is 5.97 Å². The number of benzene rings is 2. The first-order valence-corrected chi connectivity index (χ1v) is 13.2. The van der Waals surface area contributed by atoms with Gasteiger partial charge < -0.3 is 14.2 Å². The lowest BCUT2D eigenvalue weighted by Gasteiger charge is -2.22. The highest BCUT2D eigenvalue weighted by Crippen LogP contribution is 2.35. The highest BCUT2D eigenvalue weighted by Gasteiger charge is 2.23. The van der Waals surface area contributed by atoms with Gasteiger partial charge in [-0.05, 0) is 62.9 Å². The molecule has 0 saturated heterocycles. The number of hydrogen-bond donors (Lipinski definition) is 0. The van der Waals surface area contributed by atoms with E-state index in [-0.39, 0.29) is 11.5 Å². The molecule has 8 nitrogen and oxygen atoms in total. The zero-order chi connectivity index (χ0) is 27.1. The molecule has 0 amide bonds. The van der Waals surface area contributed by atoms with Gasteiger partial charge in [0.05, 0.1) is 30.8 Å². The van der Waals surface area contributed by atoms with Crippen LogP contribution in [-0.4, -0.2) is 41.7 Å². The monoisotopic (exact) mass is 517 g/mol. The number of carbonyl (C=O) groups is 1. The fourth-order valence-corrected chi connectivity index (χ4v) is 4.85. The topological polar surface area (TPSA) is 92.0 Å². The summed E-state index contributed by atoms with van der Waals surface area (Å²) >= 11 is 0. The molecular weight excluding hydrogens is 482 g/mol. The van der Waals surface area contributed by atoms with Crippen LogP contribution in [0.15, 0.2) is 58.9 Å². The van der Waals surface area contributed by atoms with Crippen LogP contribution in [0.5, 0.6) is 11.5 Å². The zero-order valence-electron chi connectivity index (χ0n) is 22.3. The van der Waals surface area contributed by atoms with Crippen LogP contribution in [0.1, 0.15) is 68.8 Å². The van der Waals surface area contributed by atoms with E-state index in [9.17, 15) is 9.59 Å². The molecule has 1 aliphatic carbocycles. The summed E-state index contributed by atoms with van der Waals surface area (Å²) in [6, 6.07) is 11.1. The van der Waals surface area contributed by atoms with Gasteiger partial charge in [0.2, 0.25) is 0 Å². The van der Waals surface area contributed by atoms with Crippen molar-refractivity contribution in [2.75, 3.05) is 13.7 Å². The number of carbonyl (C=O) groups excluding carboxylic acids is 1. The van der Waals surface area contributed by atoms with E-state index < -0.39 is 12.1 Å². The smallest absolute Gasteiger partial charge is 0.346 e. The number of rotatable bonds is 10. The third kappa shape index (κ3) is 5.96. The third-order valence-electron chi connectivity index (χ3n) is 6.72. The summed E-state index contributed by atoms with van der Waals surface area (Å²) in [5.41, 5.74) is 2.01. The molecular formula is C30H35N3O5. The van der Waals surface area contributed by atoms with E-state index >= 15 is 0 Å². The second kappa shape index (κ2) is 12.5. The van der Waals surface area contributed by atoms with Crippen molar-refractivity contribution in [1.82, 2.24) is 9.66 Å². The summed E-state index contributed by atoms with van der Waals surface area (Å²) in [5, 5.41) is 5.19. The lowest BCUT2D eigenvalue weighted by molar-refractivity contribution is -0.147. The molecule has 1 heterocycles. The Morgan fingerprint density at radius 3 is 2.71 bits per heavy atom. The lowest BCUT2D eigenvalue weighted by Crippen LogP contribution is -2.26. The van der Waals surface area contributed by atoms with Crippen LogP contribution < -0.4 is 15.0 Å². The van der Waals surface area contributed by atoms with Gasteiger partial charge in [-0.2, -0.15) is 9.78 Å². The Morgan fingerprint density at radius 1 is 1.24 bits per heavy atom. The number of hydrogen-bond acceptors (Lipinski definition) is 7. The Hall–Kier alpha value is -3.94. The van der Waals surface area contributed by atoms with Crippen LogP contribution in [0.3, 0.4) is 0 Å². The maximum Gasteiger partial charge on any atom is 0.346 e. The van der Waals surface area contributed by atoms with E-state index in [1.807, 2.05) is 31.2 Å². The van der Waals surface area contributed by atoms with Gasteiger partial charge in [0.25, 0.3) is 5.56 Å². The van der Waals surface area contributed by atoms with Crippen LogP contribution in [-0.2, 0) is 16.0 Å². The van der Waals surface area contributed by atoms with E-state index in [1.165, 1.54) is 18.2 Å². The van der Waals surface area contributed by atoms with Crippen LogP contribution in [0.25, 0.3) is 10.9 Å². The Morgan fingerprint density at radius 2 is 2.00 bits per heavy atom. The first-order valence-electron chi connectivity index (χ1n) is 13.2. The number of ether oxygens (including phenoxy) is 3. The van der Waals surface area contributed by atoms with Crippen LogP contribution in [0.2, 0.25) is 0 Å². The zero-order valence-corrected chi connectivity index (χ0v) is 22.3. The highest BCUT2D eigenvalue weighted by molar-refractivity contribution is 5.82. The van der Waals surface area contributed by atoms with E-state index in [0.29, 0.717) is 41.3 Å². The van der Waals surface area contributed by atoms with Crippen molar-refractivity contribution in [2.45, 2.75) is 64.4 Å². The third-order valence-corrected chi connectivity index (χ3v) is 6.72. The summed E-state index contributed by atoms with van der Waals surface area (Å²) in [5.74, 6) is 1.33. The molecule has 1 fully saturated rings. The number of fused-ring (bicyclic) bond motifs is 1. The van der Waals surface area contributed by atoms with Gasteiger partial charge in [-0.1, -0.05) is 37.5 Å². The Kier molecular flexibility index (Phi) is 8.94. The number of esters is 1. The van der Waals surface area contributed by atoms with Crippen molar-refractivity contribution in [3.63, 3.8) is 0 Å². The van der Waals surface area contributed by atoms with Crippen molar-refractivity contribution in [3.8, 4) is 11.5 Å². The van der Waals surface area contributed by atoms with Crippen molar-refractivity contribution >= 4 is 23.1 Å². The van der Waals surface area contributed by atoms with Gasteiger partial charge in [-0.25, -0.2) is 9.78 Å². The highest BCUT2D eigenvalue weighted by atomic mass is 16.6. The van der Waals surface area contributed by atoms with Gasteiger partial charge in [0.15, 0.2) is 17.6 Å². The normalized spacial score (nSPS) is 14.9. The summed E-state index contributed by atoms with van der Waals surface area (Å²) in [7, 11) is 1.32. The van der Waals surface area contributed by atoms with Crippen LogP contribution in [0.4, 0.5) is 0 Å². The minimum absolute atomic E-state index is 0.184. The van der Waals surface area contributed by atoms with Gasteiger partial charge in [-0.3, -0.25) is 4.79 Å². The molecule has 1 saturated carbocycles. The van der Waals surface area contributed by atoms with Gasteiger partial charge in [0, 0.05) is 11.5 Å². The number of nitrogens with zero attached hydrogens (tertiary/aromatic N) is 3. The summed E-state index contributed by atoms with van der Waals surface area (Å²) in [6.07, 6.45) is 8.47. The second-order valence-corrected chi connectivity index (χ2v) is 9.40.